The summed E-state index contributed by atoms with van der Waals surface area (Å²) in [6, 6.07) is 8.02. The van der Waals surface area contributed by atoms with Gasteiger partial charge < -0.3 is 21.1 Å². The van der Waals surface area contributed by atoms with E-state index in [4.69, 9.17) is 22.1 Å². The average molecular weight is 528 g/mol. The summed E-state index contributed by atoms with van der Waals surface area (Å²) in [5.74, 6) is -3.36. The van der Waals surface area contributed by atoms with E-state index in [-0.39, 0.29) is 21.4 Å². The zero-order valence-corrected chi connectivity index (χ0v) is 18.5. The number of amides is 3. The van der Waals surface area contributed by atoms with Crippen molar-refractivity contribution in [1.82, 2.24) is 5.32 Å². The summed E-state index contributed by atoms with van der Waals surface area (Å²) < 4.78 is 5.12. The SMILES string of the molecule is NC(=O)CC(NC(=O)c1ccc(Cl)cc1)C(=O)OCC(=O)Nc1ccc([N+](=O)[O-])cc1Br. The van der Waals surface area contributed by atoms with Gasteiger partial charge in [0.15, 0.2) is 6.61 Å². The zero-order chi connectivity index (χ0) is 23.8. The van der Waals surface area contributed by atoms with Gasteiger partial charge in [0.1, 0.15) is 6.04 Å². The first-order valence-corrected chi connectivity index (χ1v) is 9.99. The van der Waals surface area contributed by atoms with Crippen molar-refractivity contribution in [2.45, 2.75) is 12.5 Å². The smallest absolute Gasteiger partial charge is 0.329 e. The second kappa shape index (κ2) is 11.2. The van der Waals surface area contributed by atoms with Crippen LogP contribution in [0.5, 0.6) is 0 Å². The molecule has 2 rings (SSSR count). The molecule has 0 radical (unpaired) electrons. The molecule has 2 aromatic carbocycles. The average Bonchev–Trinajstić information content (AvgIpc) is 2.72. The number of nitro benzene ring substituents is 1. The van der Waals surface area contributed by atoms with E-state index in [2.05, 4.69) is 26.6 Å². The zero-order valence-electron chi connectivity index (χ0n) is 16.2. The minimum Gasteiger partial charge on any atom is -0.454 e. The number of nitrogens with one attached hydrogen (secondary N) is 2. The topological polar surface area (TPSA) is 171 Å². The number of nitrogens with two attached hydrogens (primary N) is 1. The van der Waals surface area contributed by atoms with Gasteiger partial charge in [-0.2, -0.15) is 0 Å². The minimum atomic E-state index is -1.42. The lowest BCUT2D eigenvalue weighted by Crippen LogP contribution is -2.44. The highest BCUT2D eigenvalue weighted by molar-refractivity contribution is 9.10. The molecule has 168 valence electrons. The Hall–Kier alpha value is -3.51. The number of non-ortho nitro benzene ring substituents is 1. The van der Waals surface area contributed by atoms with Crippen LogP contribution >= 0.6 is 27.5 Å². The number of halogens is 2. The van der Waals surface area contributed by atoms with Gasteiger partial charge in [0.2, 0.25) is 5.91 Å². The van der Waals surface area contributed by atoms with Gasteiger partial charge in [-0.1, -0.05) is 11.6 Å². The number of hydrogen-bond acceptors (Lipinski definition) is 7. The van der Waals surface area contributed by atoms with Crippen molar-refractivity contribution < 1.29 is 28.8 Å². The fourth-order valence-electron chi connectivity index (χ4n) is 2.38. The van der Waals surface area contributed by atoms with Crippen LogP contribution in [0.2, 0.25) is 5.02 Å². The van der Waals surface area contributed by atoms with Gasteiger partial charge in [-0.05, 0) is 46.3 Å². The van der Waals surface area contributed by atoms with Crippen LogP contribution in [0, 0.1) is 10.1 Å². The van der Waals surface area contributed by atoms with Crippen LogP contribution in [-0.2, 0) is 19.1 Å². The van der Waals surface area contributed by atoms with E-state index in [1.807, 2.05) is 0 Å². The Kier molecular flexibility index (Phi) is 8.67. The molecule has 0 aliphatic rings. The van der Waals surface area contributed by atoms with Gasteiger partial charge in [-0.15, -0.1) is 0 Å². The number of ether oxygens (including phenoxy) is 1. The highest BCUT2D eigenvalue weighted by atomic mass is 79.9. The highest BCUT2D eigenvalue weighted by Gasteiger charge is 2.26. The van der Waals surface area contributed by atoms with Crippen molar-refractivity contribution in [3.05, 3.63) is 67.6 Å². The Balaban J connectivity index is 1.98. The molecule has 0 aliphatic heterocycles. The molecule has 0 heterocycles. The molecule has 0 saturated carbocycles. The number of carbonyl (C=O) groups excluding carboxylic acids is 4. The maximum Gasteiger partial charge on any atom is 0.329 e. The molecule has 11 nitrogen and oxygen atoms in total. The predicted molar refractivity (Wildman–Crippen MR) is 117 cm³/mol. The van der Waals surface area contributed by atoms with E-state index in [0.717, 1.165) is 0 Å². The second-order valence-electron chi connectivity index (χ2n) is 6.28. The fourth-order valence-corrected chi connectivity index (χ4v) is 2.97. The van der Waals surface area contributed by atoms with Crippen molar-refractivity contribution in [2.75, 3.05) is 11.9 Å². The molecular weight excluding hydrogens is 512 g/mol. The first kappa shape index (κ1) is 24.8. The summed E-state index contributed by atoms with van der Waals surface area (Å²) in [4.78, 5) is 58.1. The number of hydrogen-bond donors (Lipinski definition) is 3. The van der Waals surface area contributed by atoms with Crippen LogP contribution < -0.4 is 16.4 Å². The summed E-state index contributed by atoms with van der Waals surface area (Å²) in [6.45, 7) is -0.742. The first-order valence-electron chi connectivity index (χ1n) is 8.82. The molecule has 0 fully saturated rings. The number of nitro groups is 1. The van der Waals surface area contributed by atoms with Crippen LogP contribution in [-0.4, -0.2) is 41.3 Å². The molecule has 0 saturated heterocycles. The van der Waals surface area contributed by atoms with Crippen molar-refractivity contribution in [1.29, 1.82) is 0 Å². The quantitative estimate of drug-likeness (QED) is 0.255. The van der Waals surface area contributed by atoms with Crippen molar-refractivity contribution in [3.8, 4) is 0 Å². The lowest BCUT2D eigenvalue weighted by molar-refractivity contribution is -0.384. The van der Waals surface area contributed by atoms with E-state index in [0.29, 0.717) is 5.02 Å². The standard InChI is InChI=1S/C19H16BrClN4O7/c20-13-7-12(25(30)31)5-6-14(13)23-17(27)9-32-19(29)15(8-16(22)26)24-18(28)10-1-3-11(21)4-2-10/h1-7,15H,8-9H2,(H2,22,26)(H,23,27)(H,24,28). The number of primary amides is 1. The molecule has 0 spiro atoms. The van der Waals surface area contributed by atoms with Crippen molar-refractivity contribution in [3.63, 3.8) is 0 Å². The third-order valence-corrected chi connectivity index (χ3v) is 4.79. The molecule has 0 aromatic heterocycles. The van der Waals surface area contributed by atoms with Gasteiger partial charge in [-0.3, -0.25) is 24.5 Å². The van der Waals surface area contributed by atoms with Crippen LogP contribution in [0.4, 0.5) is 11.4 Å². The summed E-state index contributed by atoms with van der Waals surface area (Å²) in [5.41, 5.74) is 5.33. The third-order valence-electron chi connectivity index (χ3n) is 3.88. The summed E-state index contributed by atoms with van der Waals surface area (Å²) >= 11 is 8.86. The lowest BCUT2D eigenvalue weighted by Gasteiger charge is -2.16. The Morgan fingerprint density at radius 3 is 2.38 bits per heavy atom. The molecule has 4 N–H and O–H groups in total. The maximum atomic E-state index is 12.3. The van der Waals surface area contributed by atoms with Crippen molar-refractivity contribution in [2.24, 2.45) is 5.73 Å². The number of esters is 1. The van der Waals surface area contributed by atoms with Crippen LogP contribution in [0.3, 0.4) is 0 Å². The Morgan fingerprint density at radius 1 is 1.16 bits per heavy atom. The summed E-state index contributed by atoms with van der Waals surface area (Å²) in [6.07, 6.45) is -0.548. The third kappa shape index (κ3) is 7.32. The molecule has 3 amide bonds. The van der Waals surface area contributed by atoms with Crippen LogP contribution in [0.1, 0.15) is 16.8 Å². The maximum absolute atomic E-state index is 12.3. The van der Waals surface area contributed by atoms with Gasteiger partial charge in [0.25, 0.3) is 17.5 Å². The molecule has 0 aliphatic carbocycles. The predicted octanol–water partition coefficient (Wildman–Crippen LogP) is 2.17. The van der Waals surface area contributed by atoms with E-state index in [9.17, 15) is 29.3 Å². The number of benzene rings is 2. The second-order valence-corrected chi connectivity index (χ2v) is 7.57. The van der Waals surface area contributed by atoms with Crippen molar-refractivity contribution >= 4 is 62.6 Å². The Labute approximate surface area is 194 Å². The first-order chi connectivity index (χ1) is 15.1. The van der Waals surface area contributed by atoms with Gasteiger partial charge in [0.05, 0.1) is 17.0 Å². The molecule has 0 bridgehead atoms. The molecule has 13 heteroatoms. The van der Waals surface area contributed by atoms with Gasteiger partial charge >= 0.3 is 5.97 Å². The monoisotopic (exact) mass is 526 g/mol. The van der Waals surface area contributed by atoms with E-state index in [1.54, 1.807) is 0 Å². The minimum absolute atomic E-state index is 0.178. The van der Waals surface area contributed by atoms with Crippen LogP contribution in [0.15, 0.2) is 46.9 Å². The molecule has 1 unspecified atom stereocenters. The Morgan fingerprint density at radius 2 is 1.81 bits per heavy atom. The number of carbonyl (C=O) groups is 4. The molecular formula is C19H16BrClN4O7. The Bertz CT molecular complexity index is 1060. The molecule has 32 heavy (non-hydrogen) atoms. The summed E-state index contributed by atoms with van der Waals surface area (Å²) in [7, 11) is 0. The number of nitrogens with zero attached hydrogens (tertiary/aromatic N) is 1. The molecule has 1 atom stereocenters. The van der Waals surface area contributed by atoms with Gasteiger partial charge in [0, 0.05) is 27.2 Å². The van der Waals surface area contributed by atoms with E-state index in [1.165, 1.54) is 42.5 Å². The van der Waals surface area contributed by atoms with E-state index >= 15 is 0 Å². The summed E-state index contributed by atoms with van der Waals surface area (Å²) in [5, 5.41) is 15.9. The lowest BCUT2D eigenvalue weighted by atomic mass is 10.1. The van der Waals surface area contributed by atoms with Crippen LogP contribution in [0.25, 0.3) is 0 Å². The number of rotatable bonds is 9. The van der Waals surface area contributed by atoms with E-state index < -0.39 is 47.7 Å². The normalized spacial score (nSPS) is 11.2. The fraction of sp³-hybridized carbons (Fsp3) is 0.158. The van der Waals surface area contributed by atoms with Gasteiger partial charge in [-0.25, -0.2) is 4.79 Å². The molecule has 2 aromatic rings. The highest BCUT2D eigenvalue weighted by Crippen LogP contribution is 2.27. The largest absolute Gasteiger partial charge is 0.454 e. The number of anilines is 1.